The van der Waals surface area contributed by atoms with Crippen molar-refractivity contribution in [2.75, 3.05) is 6.54 Å². The van der Waals surface area contributed by atoms with Crippen molar-refractivity contribution >= 4 is 23.2 Å². The van der Waals surface area contributed by atoms with E-state index in [1.54, 1.807) is 12.1 Å². The van der Waals surface area contributed by atoms with Gasteiger partial charge in [-0.1, -0.05) is 29.1 Å². The molecule has 0 saturated heterocycles. The van der Waals surface area contributed by atoms with Gasteiger partial charge in [-0.25, -0.2) is 0 Å². The minimum atomic E-state index is 0.531. The van der Waals surface area contributed by atoms with Gasteiger partial charge in [0.05, 0.1) is 6.54 Å². The van der Waals surface area contributed by atoms with Crippen LogP contribution in [0.5, 0.6) is 0 Å². The average Bonchev–Trinajstić information content (AvgIpc) is 2.11. The smallest absolute Gasteiger partial charge is 0.0576 e. The highest BCUT2D eigenvalue weighted by Crippen LogP contribution is 2.20. The SMILES string of the molecule is C#CCNCc1cc(Cl)ccc1Cl. The second-order valence-electron chi connectivity index (χ2n) is 2.54. The summed E-state index contributed by atoms with van der Waals surface area (Å²) in [4.78, 5) is 0. The maximum absolute atomic E-state index is 5.92. The van der Waals surface area contributed by atoms with E-state index in [4.69, 9.17) is 29.6 Å². The predicted molar refractivity (Wildman–Crippen MR) is 57.0 cm³/mol. The Balaban J connectivity index is 2.65. The van der Waals surface area contributed by atoms with Gasteiger partial charge in [0.1, 0.15) is 0 Å². The lowest BCUT2D eigenvalue weighted by atomic mass is 10.2. The fraction of sp³-hybridized carbons (Fsp3) is 0.200. The lowest BCUT2D eigenvalue weighted by Crippen LogP contribution is -2.13. The number of hydrogen-bond acceptors (Lipinski definition) is 1. The second kappa shape index (κ2) is 5.14. The van der Waals surface area contributed by atoms with Crippen molar-refractivity contribution in [1.29, 1.82) is 0 Å². The molecule has 0 aromatic heterocycles. The van der Waals surface area contributed by atoms with Crippen LogP contribution in [0.3, 0.4) is 0 Å². The van der Waals surface area contributed by atoms with Crippen molar-refractivity contribution in [2.45, 2.75) is 6.54 Å². The lowest BCUT2D eigenvalue weighted by Gasteiger charge is -2.04. The maximum atomic E-state index is 5.92. The van der Waals surface area contributed by atoms with Crippen LogP contribution in [-0.4, -0.2) is 6.54 Å². The van der Waals surface area contributed by atoms with E-state index in [1.807, 2.05) is 6.07 Å². The van der Waals surface area contributed by atoms with Crippen LogP contribution in [0.1, 0.15) is 5.56 Å². The molecule has 1 N–H and O–H groups in total. The monoisotopic (exact) mass is 213 g/mol. The van der Waals surface area contributed by atoms with Crippen molar-refractivity contribution in [2.24, 2.45) is 0 Å². The standard InChI is InChI=1S/C10H9Cl2N/c1-2-5-13-7-8-6-9(11)3-4-10(8)12/h1,3-4,6,13H,5,7H2. The summed E-state index contributed by atoms with van der Waals surface area (Å²) in [5, 5.41) is 4.43. The first-order valence-corrected chi connectivity index (χ1v) is 4.57. The largest absolute Gasteiger partial charge is 0.302 e. The first-order chi connectivity index (χ1) is 6.24. The predicted octanol–water partition coefficient (Wildman–Crippen LogP) is 2.72. The molecule has 0 saturated carbocycles. The van der Waals surface area contributed by atoms with E-state index < -0.39 is 0 Å². The highest BCUT2D eigenvalue weighted by molar-refractivity contribution is 6.33. The fourth-order valence-corrected chi connectivity index (χ4v) is 1.33. The molecular weight excluding hydrogens is 205 g/mol. The molecule has 0 aliphatic carbocycles. The molecule has 0 radical (unpaired) electrons. The number of benzene rings is 1. The molecule has 1 aromatic carbocycles. The van der Waals surface area contributed by atoms with Crippen LogP contribution in [0.4, 0.5) is 0 Å². The molecule has 1 nitrogen and oxygen atoms in total. The van der Waals surface area contributed by atoms with E-state index in [2.05, 4.69) is 11.2 Å². The fourth-order valence-electron chi connectivity index (χ4n) is 0.948. The van der Waals surface area contributed by atoms with Crippen molar-refractivity contribution < 1.29 is 0 Å². The van der Waals surface area contributed by atoms with Gasteiger partial charge in [-0.05, 0) is 23.8 Å². The number of rotatable bonds is 3. The first kappa shape index (κ1) is 10.4. The van der Waals surface area contributed by atoms with Crippen molar-refractivity contribution in [3.63, 3.8) is 0 Å². The van der Waals surface area contributed by atoms with Gasteiger partial charge >= 0.3 is 0 Å². The van der Waals surface area contributed by atoms with Gasteiger partial charge in [0, 0.05) is 16.6 Å². The maximum Gasteiger partial charge on any atom is 0.0576 e. The average molecular weight is 214 g/mol. The molecule has 0 aliphatic rings. The summed E-state index contributed by atoms with van der Waals surface area (Å²) in [7, 11) is 0. The van der Waals surface area contributed by atoms with Gasteiger partial charge in [0.15, 0.2) is 0 Å². The Labute approximate surface area is 88.0 Å². The summed E-state index contributed by atoms with van der Waals surface area (Å²) >= 11 is 11.7. The number of terminal acetylenes is 1. The molecule has 1 aromatic rings. The highest BCUT2D eigenvalue weighted by Gasteiger charge is 1.99. The van der Waals surface area contributed by atoms with Crippen LogP contribution in [0.2, 0.25) is 10.0 Å². The summed E-state index contributed by atoms with van der Waals surface area (Å²) in [6.45, 7) is 1.17. The molecule has 1 rings (SSSR count). The molecule has 0 fully saturated rings. The van der Waals surface area contributed by atoms with Crippen LogP contribution < -0.4 is 5.32 Å². The number of halogens is 2. The normalized spacial score (nSPS) is 9.62. The Morgan fingerprint density at radius 3 is 2.85 bits per heavy atom. The Morgan fingerprint density at radius 2 is 2.15 bits per heavy atom. The summed E-state index contributed by atoms with van der Waals surface area (Å²) < 4.78 is 0. The molecule has 68 valence electrons. The molecule has 0 heterocycles. The third kappa shape index (κ3) is 3.28. The summed E-state index contributed by atoms with van der Waals surface area (Å²) in [5.41, 5.74) is 0.962. The van der Waals surface area contributed by atoms with Crippen molar-refractivity contribution in [3.05, 3.63) is 33.8 Å². The van der Waals surface area contributed by atoms with Gasteiger partial charge in [0.2, 0.25) is 0 Å². The van der Waals surface area contributed by atoms with Crippen LogP contribution in [0.15, 0.2) is 18.2 Å². The van der Waals surface area contributed by atoms with E-state index in [-0.39, 0.29) is 0 Å². The van der Waals surface area contributed by atoms with Gasteiger partial charge in [-0.2, -0.15) is 0 Å². The molecule has 13 heavy (non-hydrogen) atoms. The molecule has 0 aliphatic heterocycles. The van der Waals surface area contributed by atoms with E-state index in [0.29, 0.717) is 23.1 Å². The van der Waals surface area contributed by atoms with Crippen molar-refractivity contribution in [1.82, 2.24) is 5.32 Å². The van der Waals surface area contributed by atoms with E-state index in [9.17, 15) is 0 Å². The molecule has 0 spiro atoms. The molecule has 0 bridgehead atoms. The van der Waals surface area contributed by atoms with Gasteiger partial charge in [-0.15, -0.1) is 6.42 Å². The Bertz CT molecular complexity index is 328. The van der Waals surface area contributed by atoms with E-state index in [1.165, 1.54) is 0 Å². The Morgan fingerprint density at radius 1 is 1.38 bits per heavy atom. The zero-order valence-electron chi connectivity index (χ0n) is 6.98. The topological polar surface area (TPSA) is 12.0 Å². The Kier molecular flexibility index (Phi) is 4.11. The summed E-state index contributed by atoms with van der Waals surface area (Å²) in [6, 6.07) is 5.36. The van der Waals surface area contributed by atoms with Gasteiger partial charge in [-0.3, -0.25) is 0 Å². The molecular formula is C10H9Cl2N. The quantitative estimate of drug-likeness (QED) is 0.602. The lowest BCUT2D eigenvalue weighted by molar-refractivity contribution is 0.770. The zero-order valence-corrected chi connectivity index (χ0v) is 8.49. The second-order valence-corrected chi connectivity index (χ2v) is 3.39. The van der Waals surface area contributed by atoms with Crippen LogP contribution in [0, 0.1) is 12.3 Å². The molecule has 3 heteroatoms. The van der Waals surface area contributed by atoms with Crippen molar-refractivity contribution in [3.8, 4) is 12.3 Å². The van der Waals surface area contributed by atoms with Gasteiger partial charge < -0.3 is 5.32 Å². The third-order valence-electron chi connectivity index (χ3n) is 1.55. The first-order valence-electron chi connectivity index (χ1n) is 3.82. The van der Waals surface area contributed by atoms with E-state index >= 15 is 0 Å². The highest BCUT2D eigenvalue weighted by atomic mass is 35.5. The van der Waals surface area contributed by atoms with Crippen LogP contribution in [0.25, 0.3) is 0 Å². The van der Waals surface area contributed by atoms with Crippen LogP contribution in [-0.2, 0) is 6.54 Å². The van der Waals surface area contributed by atoms with E-state index in [0.717, 1.165) is 5.56 Å². The Hall–Kier alpha value is -0.680. The summed E-state index contributed by atoms with van der Waals surface area (Å²) in [6.07, 6.45) is 5.09. The summed E-state index contributed by atoms with van der Waals surface area (Å²) in [5.74, 6) is 2.48. The van der Waals surface area contributed by atoms with Crippen LogP contribution >= 0.6 is 23.2 Å². The number of hydrogen-bond donors (Lipinski definition) is 1. The minimum absolute atomic E-state index is 0.531. The number of nitrogens with one attached hydrogen (secondary N) is 1. The molecule has 0 atom stereocenters. The minimum Gasteiger partial charge on any atom is -0.302 e. The third-order valence-corrected chi connectivity index (χ3v) is 2.15. The molecule has 0 unspecified atom stereocenters. The molecule has 0 amide bonds. The zero-order chi connectivity index (χ0) is 9.68. The van der Waals surface area contributed by atoms with Gasteiger partial charge in [0.25, 0.3) is 0 Å².